The summed E-state index contributed by atoms with van der Waals surface area (Å²) < 4.78 is 49.4. The van der Waals surface area contributed by atoms with Crippen LogP contribution in [-0.2, 0) is 4.74 Å². The summed E-state index contributed by atoms with van der Waals surface area (Å²) in [5.74, 6) is -0.0116. The molecule has 0 spiro atoms. The van der Waals surface area contributed by atoms with Gasteiger partial charge in [-0.1, -0.05) is 0 Å². The second-order valence-electron chi connectivity index (χ2n) is 1.43. The molecule has 0 aromatic carbocycles. The van der Waals surface area contributed by atoms with Crippen LogP contribution in [0.3, 0.4) is 0 Å². The van der Waals surface area contributed by atoms with Crippen molar-refractivity contribution in [2.75, 3.05) is 12.4 Å². The number of rotatable bonds is 4. The summed E-state index contributed by atoms with van der Waals surface area (Å²) in [5.41, 5.74) is 0. The number of ether oxygens (including phenoxy) is 1. The van der Waals surface area contributed by atoms with Gasteiger partial charge < -0.3 is 4.74 Å². The first kappa shape index (κ1) is 10.0. The Morgan fingerprint density at radius 2 is 1.90 bits per heavy atom. The van der Waals surface area contributed by atoms with E-state index in [1.165, 1.54) is 0 Å². The highest BCUT2D eigenvalue weighted by molar-refractivity contribution is 7.80. The van der Waals surface area contributed by atoms with Crippen LogP contribution in [0, 0.1) is 0 Å². The molecule has 0 atom stereocenters. The van der Waals surface area contributed by atoms with Gasteiger partial charge in [-0.3, -0.25) is 0 Å². The van der Waals surface area contributed by atoms with E-state index in [2.05, 4.69) is 17.4 Å². The van der Waals surface area contributed by atoms with Crippen LogP contribution in [0.5, 0.6) is 0 Å². The number of alkyl halides is 4. The summed E-state index contributed by atoms with van der Waals surface area (Å²) in [7, 11) is 0. The normalized spacial score (nSPS) is 12.6. The average Bonchev–Trinajstić information content (AvgIpc) is 1.84. The van der Waals surface area contributed by atoms with E-state index in [0.717, 1.165) is 0 Å². The lowest BCUT2D eigenvalue weighted by Gasteiger charge is -2.14. The molecule has 0 fully saturated rings. The Labute approximate surface area is 60.8 Å². The smallest absolute Gasteiger partial charge is 0.315 e. The van der Waals surface area contributed by atoms with Crippen molar-refractivity contribution in [2.24, 2.45) is 0 Å². The van der Waals surface area contributed by atoms with Crippen molar-refractivity contribution in [1.82, 2.24) is 0 Å². The van der Waals surface area contributed by atoms with Crippen LogP contribution in [0.15, 0.2) is 0 Å². The van der Waals surface area contributed by atoms with Crippen LogP contribution >= 0.6 is 12.6 Å². The van der Waals surface area contributed by atoms with Gasteiger partial charge in [0.2, 0.25) is 0 Å². The third kappa shape index (κ3) is 3.26. The van der Waals surface area contributed by atoms with Crippen LogP contribution in [0.25, 0.3) is 0 Å². The van der Waals surface area contributed by atoms with Gasteiger partial charge in [-0.05, 0) is 0 Å². The first-order valence-corrected chi connectivity index (χ1v) is 3.04. The molecular formula is C4H6F4OS. The lowest BCUT2D eigenvalue weighted by atomic mass is 10.6. The third-order valence-corrected chi connectivity index (χ3v) is 0.822. The molecule has 0 unspecified atom stereocenters. The largest absolute Gasteiger partial charge is 0.416 e. The van der Waals surface area contributed by atoms with Gasteiger partial charge in [0.1, 0.15) is 0 Å². The van der Waals surface area contributed by atoms with Gasteiger partial charge in [0.15, 0.2) is 0 Å². The van der Waals surface area contributed by atoms with Crippen molar-refractivity contribution >= 4 is 12.6 Å². The molecule has 0 aliphatic rings. The standard InChI is InChI=1S/C4H6F4OS/c5-3(6)4(7,8)9-1-2-10/h3,10H,1-2H2. The zero-order valence-electron chi connectivity index (χ0n) is 4.86. The molecule has 0 aromatic heterocycles. The molecule has 0 bridgehead atoms. The van der Waals surface area contributed by atoms with Crippen molar-refractivity contribution in [3.8, 4) is 0 Å². The molecule has 0 saturated carbocycles. The third-order valence-electron chi connectivity index (χ3n) is 0.640. The van der Waals surface area contributed by atoms with Gasteiger partial charge in [-0.25, -0.2) is 8.78 Å². The topological polar surface area (TPSA) is 9.23 Å². The Balaban J connectivity index is 3.63. The quantitative estimate of drug-likeness (QED) is 0.510. The molecule has 0 aliphatic carbocycles. The average molecular weight is 178 g/mol. The van der Waals surface area contributed by atoms with Crippen LogP contribution in [0.4, 0.5) is 17.6 Å². The maximum atomic E-state index is 11.7. The van der Waals surface area contributed by atoms with Crippen molar-refractivity contribution in [3.05, 3.63) is 0 Å². The molecule has 6 heteroatoms. The fourth-order valence-corrected chi connectivity index (χ4v) is 0.336. The molecule has 0 heterocycles. The maximum Gasteiger partial charge on any atom is 0.416 e. The Hall–Kier alpha value is 0.0300. The van der Waals surface area contributed by atoms with Gasteiger partial charge in [-0.2, -0.15) is 21.4 Å². The van der Waals surface area contributed by atoms with E-state index >= 15 is 0 Å². The van der Waals surface area contributed by atoms with Crippen molar-refractivity contribution in [1.29, 1.82) is 0 Å². The number of hydrogen-bond donors (Lipinski definition) is 1. The Bertz CT molecular complexity index is 97.3. The molecule has 1 nitrogen and oxygen atoms in total. The van der Waals surface area contributed by atoms with Gasteiger partial charge in [0, 0.05) is 5.75 Å². The van der Waals surface area contributed by atoms with Gasteiger partial charge in [0.05, 0.1) is 6.61 Å². The predicted molar refractivity (Wildman–Crippen MR) is 30.8 cm³/mol. The van der Waals surface area contributed by atoms with Crippen molar-refractivity contribution in [2.45, 2.75) is 12.5 Å². The highest BCUT2D eigenvalue weighted by Gasteiger charge is 2.41. The summed E-state index contributed by atoms with van der Waals surface area (Å²) in [6.45, 7) is -0.486. The van der Waals surface area contributed by atoms with Crippen LogP contribution in [0.2, 0.25) is 0 Å². The predicted octanol–water partition coefficient (Wildman–Crippen LogP) is 1.79. The first-order chi connectivity index (χ1) is 4.50. The van der Waals surface area contributed by atoms with E-state index in [1.807, 2.05) is 0 Å². The molecule has 0 radical (unpaired) electrons. The first-order valence-electron chi connectivity index (χ1n) is 2.41. The molecule has 0 amide bonds. The molecule has 0 saturated heterocycles. The van der Waals surface area contributed by atoms with E-state index in [1.54, 1.807) is 0 Å². The molecule has 62 valence electrons. The summed E-state index contributed by atoms with van der Waals surface area (Å²) in [6.07, 6.45) is -8.10. The van der Waals surface area contributed by atoms with E-state index in [-0.39, 0.29) is 5.75 Å². The number of halogens is 4. The van der Waals surface area contributed by atoms with Gasteiger partial charge >= 0.3 is 12.5 Å². The highest BCUT2D eigenvalue weighted by atomic mass is 32.1. The maximum absolute atomic E-state index is 11.7. The summed E-state index contributed by atoms with van der Waals surface area (Å²) in [4.78, 5) is 0. The minimum Gasteiger partial charge on any atom is -0.315 e. The van der Waals surface area contributed by atoms with E-state index < -0.39 is 19.1 Å². The SMILES string of the molecule is FC(F)C(F)(F)OCCS. The number of thiol groups is 1. The van der Waals surface area contributed by atoms with E-state index in [0.29, 0.717) is 0 Å². The molecular weight excluding hydrogens is 172 g/mol. The molecule has 10 heavy (non-hydrogen) atoms. The molecule has 0 aliphatic heterocycles. The zero-order valence-corrected chi connectivity index (χ0v) is 5.75. The van der Waals surface area contributed by atoms with Crippen molar-refractivity contribution in [3.63, 3.8) is 0 Å². The highest BCUT2D eigenvalue weighted by Crippen LogP contribution is 2.23. The van der Waals surface area contributed by atoms with Crippen LogP contribution in [-0.4, -0.2) is 24.9 Å². The second-order valence-corrected chi connectivity index (χ2v) is 1.88. The van der Waals surface area contributed by atoms with Gasteiger partial charge in [-0.15, -0.1) is 0 Å². The second kappa shape index (κ2) is 4.02. The number of hydrogen-bond acceptors (Lipinski definition) is 2. The fraction of sp³-hybridized carbons (Fsp3) is 1.00. The van der Waals surface area contributed by atoms with E-state index in [4.69, 9.17) is 0 Å². The van der Waals surface area contributed by atoms with Gasteiger partial charge in [0.25, 0.3) is 0 Å². The fourth-order valence-electron chi connectivity index (χ4n) is 0.245. The lowest BCUT2D eigenvalue weighted by Crippen LogP contribution is -2.30. The minimum absolute atomic E-state index is 0.0116. The van der Waals surface area contributed by atoms with Crippen molar-refractivity contribution < 1.29 is 22.3 Å². The van der Waals surface area contributed by atoms with Crippen LogP contribution in [0.1, 0.15) is 0 Å². The Morgan fingerprint density at radius 3 is 2.20 bits per heavy atom. The van der Waals surface area contributed by atoms with Crippen LogP contribution < -0.4 is 0 Å². The summed E-state index contributed by atoms with van der Waals surface area (Å²) >= 11 is 3.50. The lowest BCUT2D eigenvalue weighted by molar-refractivity contribution is -0.297. The molecule has 0 aromatic rings. The Morgan fingerprint density at radius 1 is 1.40 bits per heavy atom. The minimum atomic E-state index is -4.33. The molecule has 0 N–H and O–H groups in total. The van der Waals surface area contributed by atoms with E-state index in [9.17, 15) is 17.6 Å². The Kier molecular flexibility index (Phi) is 4.04. The zero-order chi connectivity index (χ0) is 8.20. The monoisotopic (exact) mass is 178 g/mol. The summed E-state index contributed by atoms with van der Waals surface area (Å²) in [6, 6.07) is 0. The molecule has 0 rings (SSSR count). The summed E-state index contributed by atoms with van der Waals surface area (Å²) in [5, 5.41) is 0.